The molecule has 0 fully saturated rings. The van der Waals surface area contributed by atoms with E-state index in [-0.39, 0.29) is 18.5 Å². The van der Waals surface area contributed by atoms with Crippen LogP contribution < -0.4 is 21.1 Å². The molecular formula is C17H21N3O6. The third-order valence-corrected chi connectivity index (χ3v) is 3.94. The molecule has 9 nitrogen and oxygen atoms in total. The highest BCUT2D eigenvalue weighted by molar-refractivity contribution is 5.97. The minimum absolute atomic E-state index is 0.110. The van der Waals surface area contributed by atoms with Gasteiger partial charge in [0.15, 0.2) is 0 Å². The molecule has 140 valence electrons. The van der Waals surface area contributed by atoms with Gasteiger partial charge in [0, 0.05) is 17.6 Å². The fraction of sp³-hybridized carbons (Fsp3) is 0.353. The Labute approximate surface area is 149 Å². The second-order valence-corrected chi connectivity index (χ2v) is 5.83. The van der Waals surface area contributed by atoms with Gasteiger partial charge in [0.2, 0.25) is 11.8 Å². The van der Waals surface area contributed by atoms with E-state index in [4.69, 9.17) is 10.5 Å². The number of methoxy groups -OCH3 is 1. The maximum absolute atomic E-state index is 12.3. The summed E-state index contributed by atoms with van der Waals surface area (Å²) in [6.45, 7) is -0.350. The van der Waals surface area contributed by atoms with Crippen molar-refractivity contribution >= 4 is 17.7 Å². The first-order valence-corrected chi connectivity index (χ1v) is 7.90. The normalized spacial score (nSPS) is 22.1. The van der Waals surface area contributed by atoms with E-state index < -0.39 is 36.0 Å². The number of aliphatic hydroxyl groups is 2. The molecule has 0 heterocycles. The van der Waals surface area contributed by atoms with E-state index >= 15 is 0 Å². The topological polar surface area (TPSA) is 151 Å². The lowest BCUT2D eigenvalue weighted by Crippen LogP contribution is -2.51. The van der Waals surface area contributed by atoms with Crippen LogP contribution in [0.4, 0.5) is 0 Å². The van der Waals surface area contributed by atoms with Crippen molar-refractivity contribution < 1.29 is 29.3 Å². The largest absolute Gasteiger partial charge is 0.497 e. The predicted molar refractivity (Wildman–Crippen MR) is 91.2 cm³/mol. The molecule has 1 aliphatic rings. The SMILES string of the molecule is COc1ccc(C(=O)NC2C=C(C(=O)NCC(N)=O)CC(O)C2O)cc1. The van der Waals surface area contributed by atoms with Crippen molar-refractivity contribution in [3.8, 4) is 5.75 Å². The molecule has 9 heteroatoms. The van der Waals surface area contributed by atoms with Crippen LogP contribution in [-0.2, 0) is 9.59 Å². The molecule has 3 atom stereocenters. The number of ether oxygens (including phenoxy) is 1. The van der Waals surface area contributed by atoms with E-state index in [1.54, 1.807) is 24.3 Å². The minimum atomic E-state index is -1.27. The molecule has 1 aliphatic carbocycles. The molecule has 26 heavy (non-hydrogen) atoms. The van der Waals surface area contributed by atoms with Gasteiger partial charge in [-0.2, -0.15) is 0 Å². The zero-order valence-electron chi connectivity index (χ0n) is 14.1. The number of carbonyl (C=O) groups is 3. The number of primary amides is 1. The van der Waals surface area contributed by atoms with Gasteiger partial charge in [-0.1, -0.05) is 6.08 Å². The highest BCUT2D eigenvalue weighted by atomic mass is 16.5. The number of rotatable bonds is 6. The summed E-state index contributed by atoms with van der Waals surface area (Å²) < 4.78 is 5.02. The van der Waals surface area contributed by atoms with Crippen molar-refractivity contribution in [2.45, 2.75) is 24.7 Å². The second kappa shape index (κ2) is 8.45. The van der Waals surface area contributed by atoms with Gasteiger partial charge in [-0.25, -0.2) is 0 Å². The number of amides is 3. The highest BCUT2D eigenvalue weighted by Gasteiger charge is 2.33. The molecule has 0 saturated carbocycles. The van der Waals surface area contributed by atoms with E-state index in [0.717, 1.165) is 0 Å². The standard InChI is InChI=1S/C17H21N3O6/c1-26-11-4-2-9(3-5-11)17(25)20-12-6-10(7-13(21)15(12)23)16(24)19-8-14(18)22/h2-6,12-13,15,21,23H,7-8H2,1H3,(H2,18,22)(H,19,24)(H,20,25). The van der Waals surface area contributed by atoms with Crippen molar-refractivity contribution in [1.29, 1.82) is 0 Å². The van der Waals surface area contributed by atoms with Crippen molar-refractivity contribution in [2.24, 2.45) is 5.73 Å². The van der Waals surface area contributed by atoms with Crippen LogP contribution in [-0.4, -0.2) is 59.8 Å². The average Bonchev–Trinajstić information content (AvgIpc) is 2.63. The Balaban J connectivity index is 2.11. The van der Waals surface area contributed by atoms with Gasteiger partial charge in [0.1, 0.15) is 11.9 Å². The summed E-state index contributed by atoms with van der Waals surface area (Å²) in [4.78, 5) is 35.1. The van der Waals surface area contributed by atoms with Crippen LogP contribution in [0.15, 0.2) is 35.9 Å². The van der Waals surface area contributed by atoms with Gasteiger partial charge in [-0.3, -0.25) is 14.4 Å². The summed E-state index contributed by atoms with van der Waals surface area (Å²) >= 11 is 0. The molecule has 2 rings (SSSR count). The molecule has 3 unspecified atom stereocenters. The first-order chi connectivity index (χ1) is 12.3. The maximum Gasteiger partial charge on any atom is 0.251 e. The maximum atomic E-state index is 12.3. The molecule has 0 radical (unpaired) electrons. The molecule has 1 aromatic rings. The van der Waals surface area contributed by atoms with Crippen molar-refractivity contribution in [2.75, 3.05) is 13.7 Å². The van der Waals surface area contributed by atoms with Gasteiger partial charge in [-0.05, 0) is 24.3 Å². The van der Waals surface area contributed by atoms with Gasteiger partial charge in [0.25, 0.3) is 5.91 Å². The molecule has 0 spiro atoms. The quantitative estimate of drug-likeness (QED) is 0.413. The van der Waals surface area contributed by atoms with E-state index in [2.05, 4.69) is 10.6 Å². The Bertz CT molecular complexity index is 716. The van der Waals surface area contributed by atoms with Crippen molar-refractivity contribution in [3.63, 3.8) is 0 Å². The Kier molecular flexibility index (Phi) is 6.31. The molecule has 0 aliphatic heterocycles. The zero-order chi connectivity index (χ0) is 19.3. The van der Waals surface area contributed by atoms with Crippen molar-refractivity contribution in [1.82, 2.24) is 10.6 Å². The zero-order valence-corrected chi connectivity index (χ0v) is 14.1. The summed E-state index contributed by atoms with van der Waals surface area (Å²) in [7, 11) is 1.50. The second-order valence-electron chi connectivity index (χ2n) is 5.83. The smallest absolute Gasteiger partial charge is 0.251 e. The number of benzene rings is 1. The third-order valence-electron chi connectivity index (χ3n) is 3.94. The van der Waals surface area contributed by atoms with Crippen LogP contribution >= 0.6 is 0 Å². The summed E-state index contributed by atoms with van der Waals surface area (Å²) in [5.74, 6) is -1.21. The number of nitrogens with two attached hydrogens (primary N) is 1. The highest BCUT2D eigenvalue weighted by Crippen LogP contribution is 2.20. The van der Waals surface area contributed by atoms with Crippen LogP contribution in [0.2, 0.25) is 0 Å². The van der Waals surface area contributed by atoms with Gasteiger partial charge in [0.05, 0.1) is 25.8 Å². The Morgan fingerprint density at radius 1 is 1.19 bits per heavy atom. The van der Waals surface area contributed by atoms with E-state index in [0.29, 0.717) is 11.3 Å². The first kappa shape index (κ1) is 19.4. The van der Waals surface area contributed by atoms with Crippen LogP contribution in [0, 0.1) is 0 Å². The third kappa shape index (κ3) is 4.80. The molecule has 1 aromatic carbocycles. The van der Waals surface area contributed by atoms with E-state index in [9.17, 15) is 24.6 Å². The van der Waals surface area contributed by atoms with E-state index in [1.165, 1.54) is 13.2 Å². The fourth-order valence-corrected chi connectivity index (χ4v) is 2.52. The Morgan fingerprint density at radius 3 is 2.42 bits per heavy atom. The molecule has 3 amide bonds. The van der Waals surface area contributed by atoms with Gasteiger partial charge >= 0.3 is 0 Å². The fourth-order valence-electron chi connectivity index (χ4n) is 2.52. The number of hydrogen-bond acceptors (Lipinski definition) is 6. The molecule has 6 N–H and O–H groups in total. The average molecular weight is 363 g/mol. The summed E-state index contributed by atoms with van der Waals surface area (Å²) in [5.41, 5.74) is 5.44. The monoisotopic (exact) mass is 363 g/mol. The lowest BCUT2D eigenvalue weighted by atomic mass is 9.90. The van der Waals surface area contributed by atoms with Crippen LogP contribution in [0.25, 0.3) is 0 Å². The minimum Gasteiger partial charge on any atom is -0.497 e. The lowest BCUT2D eigenvalue weighted by Gasteiger charge is -2.31. The number of nitrogens with one attached hydrogen (secondary N) is 2. The Morgan fingerprint density at radius 2 is 1.85 bits per heavy atom. The van der Waals surface area contributed by atoms with E-state index in [1.807, 2.05) is 0 Å². The van der Waals surface area contributed by atoms with Crippen molar-refractivity contribution in [3.05, 3.63) is 41.5 Å². The number of hydrogen-bond donors (Lipinski definition) is 5. The summed E-state index contributed by atoms with van der Waals surface area (Å²) in [6, 6.07) is 5.34. The molecule has 0 aromatic heterocycles. The molecule has 0 saturated heterocycles. The Hall–Kier alpha value is -2.91. The molecular weight excluding hydrogens is 342 g/mol. The number of aliphatic hydroxyl groups excluding tert-OH is 2. The van der Waals surface area contributed by atoms with Crippen LogP contribution in [0.5, 0.6) is 5.75 Å². The molecule has 0 bridgehead atoms. The predicted octanol–water partition coefficient (Wildman–Crippen LogP) is -1.55. The number of carbonyl (C=O) groups excluding carboxylic acids is 3. The lowest BCUT2D eigenvalue weighted by molar-refractivity contribution is -0.123. The van der Waals surface area contributed by atoms with Crippen LogP contribution in [0.3, 0.4) is 0 Å². The first-order valence-electron chi connectivity index (χ1n) is 7.90. The van der Waals surface area contributed by atoms with Gasteiger partial charge < -0.3 is 31.3 Å². The van der Waals surface area contributed by atoms with Gasteiger partial charge in [-0.15, -0.1) is 0 Å². The summed E-state index contributed by atoms with van der Waals surface area (Å²) in [5, 5.41) is 24.9. The van der Waals surface area contributed by atoms with Crippen LogP contribution in [0.1, 0.15) is 16.8 Å². The summed E-state index contributed by atoms with van der Waals surface area (Å²) in [6.07, 6.45) is -1.27.